The van der Waals surface area contributed by atoms with Gasteiger partial charge in [0.25, 0.3) is 0 Å². The van der Waals surface area contributed by atoms with E-state index in [0.29, 0.717) is 5.15 Å². The van der Waals surface area contributed by atoms with E-state index in [4.69, 9.17) is 21.1 Å². The topological polar surface area (TPSA) is 47.5 Å². The summed E-state index contributed by atoms with van der Waals surface area (Å²) in [5, 5.41) is 1.29. The van der Waals surface area contributed by atoms with Gasteiger partial charge in [-0.05, 0) is 19.1 Å². The third-order valence-corrected chi connectivity index (χ3v) is 3.73. The summed E-state index contributed by atoms with van der Waals surface area (Å²) in [5.41, 5.74) is 0.789. The van der Waals surface area contributed by atoms with Gasteiger partial charge in [-0.1, -0.05) is 11.6 Å². The number of fused-ring (bicyclic) bond motifs is 1. The molecule has 2 aromatic rings. The molecule has 1 atom stereocenters. The van der Waals surface area contributed by atoms with E-state index < -0.39 is 0 Å². The minimum Gasteiger partial charge on any atom is -0.475 e. The highest BCUT2D eigenvalue weighted by molar-refractivity contribution is 6.34. The van der Waals surface area contributed by atoms with Crippen LogP contribution in [0.15, 0.2) is 24.5 Å². The molecule has 0 bridgehead atoms. The van der Waals surface area contributed by atoms with Gasteiger partial charge in [0.2, 0.25) is 0 Å². The first-order valence-electron chi connectivity index (χ1n) is 6.63. The van der Waals surface area contributed by atoms with Gasteiger partial charge in [-0.25, -0.2) is 9.97 Å². The van der Waals surface area contributed by atoms with E-state index in [9.17, 15) is 0 Å². The summed E-state index contributed by atoms with van der Waals surface area (Å²) < 4.78 is 11.3. The molecule has 1 aromatic carbocycles. The smallest absolute Gasteiger partial charge is 0.149 e. The number of ether oxygens (including phenoxy) is 2. The van der Waals surface area contributed by atoms with Crippen molar-refractivity contribution in [2.75, 3.05) is 26.3 Å². The van der Waals surface area contributed by atoms with E-state index in [2.05, 4.69) is 14.9 Å². The predicted molar refractivity (Wildman–Crippen MR) is 77.0 cm³/mol. The Bertz CT molecular complexity index is 602. The lowest BCUT2D eigenvalue weighted by atomic mass is 10.2. The van der Waals surface area contributed by atoms with Crippen LogP contribution in [0.3, 0.4) is 0 Å². The zero-order valence-corrected chi connectivity index (χ0v) is 12.0. The first kappa shape index (κ1) is 13.5. The molecule has 3 rings (SSSR count). The van der Waals surface area contributed by atoms with Crippen LogP contribution in [-0.2, 0) is 4.74 Å². The Morgan fingerprint density at radius 1 is 1.30 bits per heavy atom. The van der Waals surface area contributed by atoms with Crippen molar-refractivity contribution in [3.8, 4) is 5.75 Å². The average Bonchev–Trinajstić information content (AvgIpc) is 2.48. The van der Waals surface area contributed by atoms with E-state index >= 15 is 0 Å². The van der Waals surface area contributed by atoms with Crippen LogP contribution in [0.2, 0.25) is 5.15 Å². The molecule has 0 saturated carbocycles. The Morgan fingerprint density at radius 2 is 2.10 bits per heavy atom. The lowest BCUT2D eigenvalue weighted by Crippen LogP contribution is -2.44. The summed E-state index contributed by atoms with van der Waals surface area (Å²) in [6.07, 6.45) is 1.47. The minimum absolute atomic E-state index is 0.00802. The highest BCUT2D eigenvalue weighted by Gasteiger charge is 2.18. The lowest BCUT2D eigenvalue weighted by Gasteiger charge is -2.32. The molecule has 20 heavy (non-hydrogen) atoms. The second kappa shape index (κ2) is 5.91. The van der Waals surface area contributed by atoms with E-state index in [1.54, 1.807) is 0 Å². The summed E-state index contributed by atoms with van der Waals surface area (Å²) in [6, 6.07) is 5.67. The first-order valence-corrected chi connectivity index (χ1v) is 7.00. The highest BCUT2D eigenvalue weighted by atomic mass is 35.5. The molecule has 1 aliphatic rings. The molecule has 1 unspecified atom stereocenters. The fourth-order valence-corrected chi connectivity index (χ4v) is 2.49. The largest absolute Gasteiger partial charge is 0.475 e. The maximum atomic E-state index is 6.02. The fraction of sp³-hybridized carbons (Fsp3) is 0.429. The number of rotatable bonds is 3. The summed E-state index contributed by atoms with van der Waals surface area (Å²) in [5.74, 6) is 0.784. The van der Waals surface area contributed by atoms with Crippen molar-refractivity contribution in [1.29, 1.82) is 0 Å². The minimum atomic E-state index is 0.00802. The highest BCUT2D eigenvalue weighted by Crippen LogP contribution is 2.24. The molecule has 0 radical (unpaired) electrons. The van der Waals surface area contributed by atoms with Crippen molar-refractivity contribution in [2.45, 2.75) is 13.2 Å². The molecule has 106 valence electrons. The Balaban J connectivity index is 1.77. The summed E-state index contributed by atoms with van der Waals surface area (Å²) >= 11 is 6.02. The Hall–Kier alpha value is -1.43. The van der Waals surface area contributed by atoms with E-state index in [-0.39, 0.29) is 6.23 Å². The molecule has 1 saturated heterocycles. The van der Waals surface area contributed by atoms with Gasteiger partial charge >= 0.3 is 0 Å². The number of hydrogen-bond donors (Lipinski definition) is 0. The molecule has 1 aromatic heterocycles. The van der Waals surface area contributed by atoms with Crippen LogP contribution in [0.1, 0.15) is 6.92 Å². The van der Waals surface area contributed by atoms with Crippen molar-refractivity contribution in [3.63, 3.8) is 0 Å². The zero-order chi connectivity index (χ0) is 13.9. The number of benzene rings is 1. The van der Waals surface area contributed by atoms with Crippen LogP contribution in [0.5, 0.6) is 5.75 Å². The van der Waals surface area contributed by atoms with Crippen molar-refractivity contribution in [2.24, 2.45) is 0 Å². The van der Waals surface area contributed by atoms with E-state index in [1.165, 1.54) is 6.33 Å². The Morgan fingerprint density at radius 3 is 2.90 bits per heavy atom. The maximum Gasteiger partial charge on any atom is 0.149 e. The van der Waals surface area contributed by atoms with Crippen LogP contribution in [0.25, 0.3) is 10.9 Å². The molecule has 0 N–H and O–H groups in total. The van der Waals surface area contributed by atoms with Gasteiger partial charge in [-0.3, -0.25) is 4.90 Å². The lowest BCUT2D eigenvalue weighted by molar-refractivity contribution is -0.0372. The number of halogens is 1. The summed E-state index contributed by atoms with van der Waals surface area (Å²) in [4.78, 5) is 10.4. The summed E-state index contributed by atoms with van der Waals surface area (Å²) in [7, 11) is 0. The monoisotopic (exact) mass is 293 g/mol. The Labute approximate surface area is 122 Å². The van der Waals surface area contributed by atoms with Crippen LogP contribution in [0, 0.1) is 0 Å². The van der Waals surface area contributed by atoms with Crippen LogP contribution in [0.4, 0.5) is 0 Å². The summed E-state index contributed by atoms with van der Waals surface area (Å²) in [6.45, 7) is 5.34. The Kier molecular flexibility index (Phi) is 4.00. The molecule has 0 amide bonds. The van der Waals surface area contributed by atoms with Crippen molar-refractivity contribution in [1.82, 2.24) is 14.9 Å². The normalized spacial score (nSPS) is 18.1. The van der Waals surface area contributed by atoms with E-state index in [0.717, 1.165) is 43.0 Å². The second-order valence-corrected chi connectivity index (χ2v) is 5.07. The predicted octanol–water partition coefficient (Wildman–Crippen LogP) is 2.34. The molecule has 6 heteroatoms. The standard InChI is InChI=1S/C14H16ClN3O2/c1-10(18-4-6-19-7-5-18)20-11-2-3-12-13(8-11)16-9-17-14(12)15/h2-3,8-10H,4-7H2,1H3. The van der Waals surface area contributed by atoms with Gasteiger partial charge < -0.3 is 9.47 Å². The average molecular weight is 294 g/mol. The van der Waals surface area contributed by atoms with Crippen molar-refractivity contribution >= 4 is 22.5 Å². The third kappa shape index (κ3) is 2.85. The molecule has 2 heterocycles. The van der Waals surface area contributed by atoms with Gasteiger partial charge in [0.05, 0.1) is 18.7 Å². The van der Waals surface area contributed by atoms with Crippen LogP contribution in [-0.4, -0.2) is 47.4 Å². The van der Waals surface area contributed by atoms with E-state index in [1.807, 2.05) is 25.1 Å². The SMILES string of the molecule is CC(Oc1ccc2c(Cl)ncnc2c1)N1CCOCC1. The maximum absolute atomic E-state index is 6.02. The number of nitrogens with zero attached hydrogens (tertiary/aromatic N) is 3. The van der Waals surface area contributed by atoms with Gasteiger partial charge in [0.15, 0.2) is 0 Å². The molecule has 0 aliphatic carbocycles. The molecule has 0 spiro atoms. The van der Waals surface area contributed by atoms with Gasteiger partial charge in [0, 0.05) is 24.5 Å². The first-order chi connectivity index (χ1) is 9.74. The quantitative estimate of drug-likeness (QED) is 0.813. The second-order valence-electron chi connectivity index (χ2n) is 4.71. The molecule has 1 fully saturated rings. The number of hydrogen-bond acceptors (Lipinski definition) is 5. The molecule has 5 nitrogen and oxygen atoms in total. The molecular weight excluding hydrogens is 278 g/mol. The number of aromatic nitrogens is 2. The van der Waals surface area contributed by atoms with Crippen molar-refractivity contribution in [3.05, 3.63) is 29.7 Å². The number of morpholine rings is 1. The zero-order valence-electron chi connectivity index (χ0n) is 11.3. The molecular formula is C14H16ClN3O2. The van der Waals surface area contributed by atoms with Crippen molar-refractivity contribution < 1.29 is 9.47 Å². The van der Waals surface area contributed by atoms with Gasteiger partial charge in [0.1, 0.15) is 23.5 Å². The van der Waals surface area contributed by atoms with Crippen LogP contribution < -0.4 is 4.74 Å². The van der Waals surface area contributed by atoms with Crippen LogP contribution >= 0.6 is 11.6 Å². The van der Waals surface area contributed by atoms with Gasteiger partial charge in [-0.15, -0.1) is 0 Å². The van der Waals surface area contributed by atoms with Gasteiger partial charge in [-0.2, -0.15) is 0 Å². The molecule has 1 aliphatic heterocycles. The fourth-order valence-electron chi connectivity index (χ4n) is 2.29. The third-order valence-electron chi connectivity index (χ3n) is 3.43.